The van der Waals surface area contributed by atoms with Crippen LogP contribution < -0.4 is 0 Å². The molecular weight excluding hydrogens is 294 g/mol. The van der Waals surface area contributed by atoms with E-state index in [1.54, 1.807) is 12.7 Å². The number of hydrogen-bond donors (Lipinski definition) is 0. The minimum Gasteiger partial charge on any atom is -0.501 e. The maximum Gasteiger partial charge on any atom is 0.0958 e. The molecule has 0 amide bonds. The summed E-state index contributed by atoms with van der Waals surface area (Å²) in [4.78, 5) is 0. The highest BCUT2D eigenvalue weighted by molar-refractivity contribution is 5.34. The Morgan fingerprint density at radius 2 is 2.04 bits per heavy atom. The Labute approximate surface area is 146 Å². The Kier molecular flexibility index (Phi) is 2.94. The maximum atomic E-state index is 9.98. The van der Waals surface area contributed by atoms with Crippen LogP contribution >= 0.6 is 0 Å². The Balaban J connectivity index is 1.51. The molecule has 2 nitrogen and oxygen atoms in total. The van der Waals surface area contributed by atoms with Crippen molar-refractivity contribution in [2.45, 2.75) is 52.4 Å². The Morgan fingerprint density at radius 1 is 1.21 bits per heavy atom. The average molecular weight is 323 g/mol. The van der Waals surface area contributed by atoms with E-state index in [2.05, 4.69) is 32.1 Å². The van der Waals surface area contributed by atoms with Crippen LogP contribution in [0.3, 0.4) is 0 Å². The van der Waals surface area contributed by atoms with Gasteiger partial charge in [0, 0.05) is 6.42 Å². The monoisotopic (exact) mass is 323 g/mol. The van der Waals surface area contributed by atoms with Crippen molar-refractivity contribution in [2.75, 3.05) is 7.11 Å². The van der Waals surface area contributed by atoms with E-state index in [4.69, 9.17) is 4.74 Å². The van der Waals surface area contributed by atoms with Gasteiger partial charge in [0.15, 0.2) is 0 Å². The van der Waals surface area contributed by atoms with Gasteiger partial charge in [-0.25, -0.2) is 0 Å². The first-order valence-corrected chi connectivity index (χ1v) is 9.89. The highest BCUT2D eigenvalue weighted by Gasteiger charge is 2.74. The van der Waals surface area contributed by atoms with Gasteiger partial charge < -0.3 is 4.74 Å². The van der Waals surface area contributed by atoms with Crippen molar-refractivity contribution in [3.05, 3.63) is 23.5 Å². The first-order valence-electron chi connectivity index (χ1n) is 9.89. The first kappa shape index (κ1) is 15.1. The van der Waals surface area contributed by atoms with Gasteiger partial charge in [0.25, 0.3) is 0 Å². The molecule has 3 saturated carbocycles. The van der Waals surface area contributed by atoms with Gasteiger partial charge in [-0.15, -0.1) is 0 Å². The Morgan fingerprint density at radius 3 is 2.79 bits per heavy atom. The lowest BCUT2D eigenvalue weighted by atomic mass is 9.48. The second kappa shape index (κ2) is 4.69. The molecule has 5 aliphatic rings. The molecule has 0 aromatic carbocycles. The zero-order valence-corrected chi connectivity index (χ0v) is 15.2. The number of allylic oxidation sites excluding steroid dienone is 4. The predicted molar refractivity (Wildman–Crippen MR) is 93.6 cm³/mol. The fraction of sp³-hybridized carbons (Fsp3) is 0.773. The average Bonchev–Trinajstić information content (AvgIpc) is 3.36. The molecule has 0 saturated heterocycles. The Bertz CT molecular complexity index is 685. The van der Waals surface area contributed by atoms with E-state index in [0.717, 1.165) is 41.8 Å². The maximum absolute atomic E-state index is 9.98. The van der Waals surface area contributed by atoms with Gasteiger partial charge >= 0.3 is 0 Å². The molecule has 5 aliphatic carbocycles. The van der Waals surface area contributed by atoms with E-state index < -0.39 is 0 Å². The van der Waals surface area contributed by atoms with Gasteiger partial charge in [-0.05, 0) is 91.6 Å². The third-order valence-corrected chi connectivity index (χ3v) is 9.07. The van der Waals surface area contributed by atoms with Crippen molar-refractivity contribution < 1.29 is 4.74 Å². The molecule has 0 N–H and O–H groups in total. The lowest BCUT2D eigenvalue weighted by molar-refractivity contribution is -0.0470. The summed E-state index contributed by atoms with van der Waals surface area (Å²) in [6.07, 6.45) is 12.4. The van der Waals surface area contributed by atoms with Crippen LogP contribution in [0.1, 0.15) is 52.4 Å². The van der Waals surface area contributed by atoms with Crippen molar-refractivity contribution in [1.29, 1.82) is 5.26 Å². The van der Waals surface area contributed by atoms with Crippen LogP contribution in [0.2, 0.25) is 0 Å². The lowest BCUT2D eigenvalue weighted by Crippen LogP contribution is -2.50. The molecule has 3 fully saturated rings. The highest BCUT2D eigenvalue weighted by Crippen LogP contribution is 2.78. The molecule has 0 aromatic heterocycles. The van der Waals surface area contributed by atoms with Crippen LogP contribution in [0.15, 0.2) is 23.5 Å². The predicted octanol–water partition coefficient (Wildman–Crippen LogP) is 5.09. The molecule has 5 rings (SSSR count). The van der Waals surface area contributed by atoms with E-state index in [1.165, 1.54) is 32.1 Å². The van der Waals surface area contributed by atoms with Crippen LogP contribution in [-0.4, -0.2) is 7.11 Å². The number of ether oxygens (including phenoxy) is 1. The zero-order valence-electron chi connectivity index (χ0n) is 15.2. The third kappa shape index (κ3) is 1.62. The second-order valence-electron chi connectivity index (χ2n) is 9.53. The molecule has 0 unspecified atom stereocenters. The van der Waals surface area contributed by atoms with Crippen LogP contribution in [0.5, 0.6) is 0 Å². The van der Waals surface area contributed by atoms with Gasteiger partial charge in [-0.3, -0.25) is 0 Å². The van der Waals surface area contributed by atoms with Gasteiger partial charge in [0.2, 0.25) is 0 Å². The molecule has 0 bridgehead atoms. The number of methoxy groups -OCH3 is 1. The van der Waals surface area contributed by atoms with Crippen LogP contribution in [-0.2, 0) is 4.74 Å². The molecule has 128 valence electrons. The number of hydrogen-bond acceptors (Lipinski definition) is 2. The summed E-state index contributed by atoms with van der Waals surface area (Å²) >= 11 is 0. The zero-order chi connectivity index (χ0) is 16.7. The van der Waals surface area contributed by atoms with Crippen molar-refractivity contribution in [3.63, 3.8) is 0 Å². The molecular formula is C22H29NO. The first-order chi connectivity index (χ1) is 11.5. The molecule has 8 atom stereocenters. The summed E-state index contributed by atoms with van der Waals surface area (Å²) in [7, 11) is 1.80. The summed E-state index contributed by atoms with van der Waals surface area (Å²) in [6, 6.07) is 2.80. The Hall–Kier alpha value is -1.23. The molecule has 0 aliphatic heterocycles. The van der Waals surface area contributed by atoms with E-state index in [9.17, 15) is 5.26 Å². The molecule has 2 heteroatoms. The molecule has 24 heavy (non-hydrogen) atoms. The molecule has 0 aromatic rings. The van der Waals surface area contributed by atoms with Gasteiger partial charge in [0.1, 0.15) is 0 Å². The molecule has 0 spiro atoms. The molecule has 0 radical (unpaired) electrons. The number of fused-ring (bicyclic) bond motifs is 7. The largest absolute Gasteiger partial charge is 0.501 e. The minimum absolute atomic E-state index is 0.0764. The van der Waals surface area contributed by atoms with Crippen LogP contribution in [0.4, 0.5) is 0 Å². The lowest BCUT2D eigenvalue weighted by Gasteiger charge is -2.55. The van der Waals surface area contributed by atoms with E-state index >= 15 is 0 Å². The van der Waals surface area contributed by atoms with E-state index in [1.807, 2.05) is 0 Å². The molecule has 0 heterocycles. The second-order valence-corrected chi connectivity index (χ2v) is 9.53. The quantitative estimate of drug-likeness (QED) is 0.674. The number of nitriles is 1. The third-order valence-electron chi connectivity index (χ3n) is 9.07. The van der Waals surface area contributed by atoms with Gasteiger partial charge in [0.05, 0.1) is 24.4 Å². The van der Waals surface area contributed by atoms with Gasteiger partial charge in [-0.1, -0.05) is 13.0 Å². The van der Waals surface area contributed by atoms with Crippen molar-refractivity contribution >= 4 is 0 Å². The summed E-state index contributed by atoms with van der Waals surface area (Å²) in [6.45, 7) is 4.75. The fourth-order valence-corrected chi connectivity index (χ4v) is 7.65. The number of rotatable bonds is 1. The number of nitrogens with zero attached hydrogens (tertiary/aromatic N) is 1. The van der Waals surface area contributed by atoms with Crippen molar-refractivity contribution in [1.82, 2.24) is 0 Å². The van der Waals surface area contributed by atoms with Crippen LogP contribution in [0, 0.1) is 57.7 Å². The summed E-state index contributed by atoms with van der Waals surface area (Å²) in [5.41, 5.74) is 1.73. The summed E-state index contributed by atoms with van der Waals surface area (Å²) in [5.74, 6) is 5.90. The summed E-state index contributed by atoms with van der Waals surface area (Å²) in [5, 5.41) is 9.98. The summed E-state index contributed by atoms with van der Waals surface area (Å²) < 4.78 is 5.51. The van der Waals surface area contributed by atoms with Crippen molar-refractivity contribution in [2.24, 2.45) is 46.3 Å². The van der Waals surface area contributed by atoms with Gasteiger partial charge in [-0.2, -0.15) is 5.26 Å². The van der Waals surface area contributed by atoms with Crippen LogP contribution in [0.25, 0.3) is 0 Å². The fourth-order valence-electron chi connectivity index (χ4n) is 7.65. The smallest absolute Gasteiger partial charge is 0.0958 e. The minimum atomic E-state index is -0.0764. The normalized spacial score (nSPS) is 54.2. The van der Waals surface area contributed by atoms with E-state index in [-0.39, 0.29) is 10.8 Å². The highest BCUT2D eigenvalue weighted by atomic mass is 16.5. The van der Waals surface area contributed by atoms with Crippen molar-refractivity contribution in [3.8, 4) is 6.07 Å². The topological polar surface area (TPSA) is 33.0 Å². The van der Waals surface area contributed by atoms with E-state index in [0.29, 0.717) is 5.92 Å². The SMILES string of the molecule is COC1=CC2=CC[C@@H]3[C@H](CC[C@@]4(C)[C@H]3[C@@H]3C[C@@H]3[C@]4(C)C#N)[C@H]2CC1. The standard InChI is InChI=1S/C22H29NO/c1-21-9-8-16-15-7-5-14(24-3)10-13(15)4-6-17(16)20(21)18-11-19(18)22(21,2)12-23/h4,10,15-20H,5-9,11H2,1-3H3/t15-,16+,17+,18+,19-,20+,21-,22-/m0/s1.